The molecule has 1 atom stereocenters. The minimum Gasteiger partial charge on any atom is -0.396 e. The number of amides is 1. The van der Waals surface area contributed by atoms with Gasteiger partial charge in [0.1, 0.15) is 5.82 Å². The standard InChI is InChI=1S/C18H30N4O2/c1-3-18(13-23)7-10-21(11-8-18)12-17(24)20-16-6-9-19-22(16)14(2)15-4-5-15/h6,9,14-15,23H,3-5,7-8,10-13H2,1-2H3,(H,20,24). The fourth-order valence-corrected chi connectivity index (χ4v) is 3.71. The van der Waals surface area contributed by atoms with Gasteiger partial charge in [-0.1, -0.05) is 6.92 Å². The van der Waals surface area contributed by atoms with Crippen LogP contribution in [-0.2, 0) is 4.79 Å². The van der Waals surface area contributed by atoms with Crippen LogP contribution in [0.4, 0.5) is 5.82 Å². The van der Waals surface area contributed by atoms with Gasteiger partial charge in [0, 0.05) is 12.7 Å². The van der Waals surface area contributed by atoms with E-state index in [9.17, 15) is 9.90 Å². The second-order valence-corrected chi connectivity index (χ2v) is 7.58. The van der Waals surface area contributed by atoms with Crippen molar-refractivity contribution in [3.8, 4) is 0 Å². The van der Waals surface area contributed by atoms with Crippen LogP contribution < -0.4 is 5.32 Å². The Bertz CT molecular complexity index is 553. The summed E-state index contributed by atoms with van der Waals surface area (Å²) in [4.78, 5) is 14.6. The first-order chi connectivity index (χ1) is 11.6. The normalized spacial score (nSPS) is 22.3. The van der Waals surface area contributed by atoms with Gasteiger partial charge in [-0.05, 0) is 63.5 Å². The van der Waals surface area contributed by atoms with Crippen LogP contribution in [0.2, 0.25) is 0 Å². The number of anilines is 1. The molecule has 0 radical (unpaired) electrons. The van der Waals surface area contributed by atoms with E-state index in [4.69, 9.17) is 0 Å². The molecule has 1 aliphatic heterocycles. The maximum absolute atomic E-state index is 12.4. The van der Waals surface area contributed by atoms with E-state index in [1.165, 1.54) is 12.8 Å². The summed E-state index contributed by atoms with van der Waals surface area (Å²) >= 11 is 0. The highest BCUT2D eigenvalue weighted by Gasteiger charge is 2.33. The summed E-state index contributed by atoms with van der Waals surface area (Å²) in [6.45, 7) is 6.72. The number of carbonyl (C=O) groups is 1. The molecule has 1 aromatic heterocycles. The fourth-order valence-electron chi connectivity index (χ4n) is 3.71. The van der Waals surface area contributed by atoms with Gasteiger partial charge in [0.05, 0.1) is 18.8 Å². The van der Waals surface area contributed by atoms with Crippen LogP contribution in [0.15, 0.2) is 12.3 Å². The lowest BCUT2D eigenvalue weighted by molar-refractivity contribution is -0.118. The number of aliphatic hydroxyl groups excluding tert-OH is 1. The van der Waals surface area contributed by atoms with Crippen molar-refractivity contribution < 1.29 is 9.90 Å². The van der Waals surface area contributed by atoms with Crippen LogP contribution in [0.25, 0.3) is 0 Å². The lowest BCUT2D eigenvalue weighted by Gasteiger charge is -2.39. The molecule has 24 heavy (non-hydrogen) atoms. The van der Waals surface area contributed by atoms with Crippen LogP contribution in [0, 0.1) is 11.3 Å². The molecule has 1 aliphatic carbocycles. The van der Waals surface area contributed by atoms with Gasteiger partial charge in [0.2, 0.25) is 5.91 Å². The summed E-state index contributed by atoms with van der Waals surface area (Å²) in [6, 6.07) is 2.22. The number of aliphatic hydroxyl groups is 1. The Balaban J connectivity index is 1.51. The zero-order valence-corrected chi connectivity index (χ0v) is 14.9. The maximum Gasteiger partial charge on any atom is 0.239 e. The minimum absolute atomic E-state index is 0.0211. The highest BCUT2D eigenvalue weighted by molar-refractivity contribution is 5.91. The third kappa shape index (κ3) is 3.81. The molecule has 0 aromatic carbocycles. The predicted octanol–water partition coefficient (Wildman–Crippen LogP) is 2.28. The topological polar surface area (TPSA) is 70.4 Å². The van der Waals surface area contributed by atoms with Crippen molar-refractivity contribution in [1.82, 2.24) is 14.7 Å². The molecule has 2 fully saturated rings. The monoisotopic (exact) mass is 334 g/mol. The Hall–Kier alpha value is -1.40. The van der Waals surface area contributed by atoms with Crippen LogP contribution >= 0.6 is 0 Å². The lowest BCUT2D eigenvalue weighted by Crippen LogP contribution is -2.44. The molecule has 134 valence electrons. The Morgan fingerprint density at radius 2 is 2.17 bits per heavy atom. The SMILES string of the molecule is CCC1(CO)CCN(CC(=O)Nc2ccnn2C(C)C2CC2)CC1. The number of hydrogen-bond donors (Lipinski definition) is 2. The van der Waals surface area contributed by atoms with Crippen LogP contribution in [0.3, 0.4) is 0 Å². The van der Waals surface area contributed by atoms with Crippen molar-refractivity contribution in [2.45, 2.75) is 52.0 Å². The molecule has 2 heterocycles. The third-order valence-electron chi connectivity index (χ3n) is 6.00. The number of hydrogen-bond acceptors (Lipinski definition) is 4. The molecular weight excluding hydrogens is 304 g/mol. The molecule has 6 nitrogen and oxygen atoms in total. The molecule has 1 saturated heterocycles. The van der Waals surface area contributed by atoms with Gasteiger partial charge < -0.3 is 10.4 Å². The highest BCUT2D eigenvalue weighted by atomic mass is 16.3. The molecule has 1 aromatic rings. The second kappa shape index (κ2) is 7.23. The van der Waals surface area contributed by atoms with Gasteiger partial charge in [0.15, 0.2) is 0 Å². The summed E-state index contributed by atoms with van der Waals surface area (Å²) in [5.41, 5.74) is 0.0608. The van der Waals surface area contributed by atoms with E-state index in [1.807, 2.05) is 10.7 Å². The number of rotatable bonds is 7. The molecule has 2 aliphatic rings. The van der Waals surface area contributed by atoms with E-state index in [1.54, 1.807) is 6.20 Å². The molecule has 0 bridgehead atoms. The molecule has 1 amide bonds. The molecule has 6 heteroatoms. The zero-order valence-electron chi connectivity index (χ0n) is 14.9. The Morgan fingerprint density at radius 1 is 1.46 bits per heavy atom. The van der Waals surface area contributed by atoms with Crippen LogP contribution in [0.1, 0.15) is 52.0 Å². The highest BCUT2D eigenvalue weighted by Crippen LogP contribution is 2.40. The van der Waals surface area contributed by atoms with E-state index in [0.717, 1.165) is 38.2 Å². The van der Waals surface area contributed by atoms with Crippen molar-refractivity contribution in [1.29, 1.82) is 0 Å². The van der Waals surface area contributed by atoms with Crippen molar-refractivity contribution in [3.05, 3.63) is 12.3 Å². The van der Waals surface area contributed by atoms with E-state index < -0.39 is 0 Å². The number of carbonyl (C=O) groups excluding carboxylic acids is 1. The third-order valence-corrected chi connectivity index (χ3v) is 6.00. The summed E-state index contributed by atoms with van der Waals surface area (Å²) in [6.07, 6.45) is 7.19. The second-order valence-electron chi connectivity index (χ2n) is 7.58. The van der Waals surface area contributed by atoms with Gasteiger partial charge in [-0.3, -0.25) is 9.69 Å². The van der Waals surface area contributed by atoms with Gasteiger partial charge in [-0.2, -0.15) is 5.10 Å². The smallest absolute Gasteiger partial charge is 0.239 e. The Morgan fingerprint density at radius 3 is 2.75 bits per heavy atom. The number of likely N-dealkylation sites (tertiary alicyclic amines) is 1. The van der Waals surface area contributed by atoms with Crippen molar-refractivity contribution in [2.75, 3.05) is 31.6 Å². The first-order valence-electron chi connectivity index (χ1n) is 9.23. The number of nitrogens with zero attached hydrogens (tertiary/aromatic N) is 3. The van der Waals surface area contributed by atoms with Crippen LogP contribution in [-0.4, -0.2) is 51.9 Å². The summed E-state index contributed by atoms with van der Waals surface area (Å²) < 4.78 is 1.94. The summed E-state index contributed by atoms with van der Waals surface area (Å²) in [5, 5.41) is 17.0. The number of piperidine rings is 1. The zero-order chi connectivity index (χ0) is 17.2. The van der Waals surface area contributed by atoms with Gasteiger partial charge in [-0.15, -0.1) is 0 Å². The predicted molar refractivity (Wildman–Crippen MR) is 93.8 cm³/mol. The van der Waals surface area contributed by atoms with Crippen LogP contribution in [0.5, 0.6) is 0 Å². The Labute approximate surface area is 144 Å². The van der Waals surface area contributed by atoms with Gasteiger partial charge >= 0.3 is 0 Å². The average Bonchev–Trinajstić information content (AvgIpc) is 3.35. The molecule has 3 rings (SSSR count). The fraction of sp³-hybridized carbons (Fsp3) is 0.778. The van der Waals surface area contributed by atoms with Crippen molar-refractivity contribution in [3.63, 3.8) is 0 Å². The van der Waals surface area contributed by atoms with E-state index in [2.05, 4.69) is 29.2 Å². The molecule has 1 saturated carbocycles. The summed E-state index contributed by atoms with van der Waals surface area (Å²) in [7, 11) is 0. The Kier molecular flexibility index (Phi) is 5.25. The first-order valence-corrected chi connectivity index (χ1v) is 9.23. The van der Waals surface area contributed by atoms with Gasteiger partial charge in [0.25, 0.3) is 0 Å². The molecular formula is C18H30N4O2. The molecule has 1 unspecified atom stereocenters. The van der Waals surface area contributed by atoms with Crippen molar-refractivity contribution >= 4 is 11.7 Å². The first kappa shape index (κ1) is 17.4. The lowest BCUT2D eigenvalue weighted by atomic mass is 9.77. The van der Waals surface area contributed by atoms with Crippen molar-refractivity contribution in [2.24, 2.45) is 11.3 Å². The largest absolute Gasteiger partial charge is 0.396 e. The quantitative estimate of drug-likeness (QED) is 0.802. The van der Waals surface area contributed by atoms with E-state index in [-0.39, 0.29) is 17.9 Å². The molecule has 0 spiro atoms. The average molecular weight is 334 g/mol. The molecule has 2 N–H and O–H groups in total. The van der Waals surface area contributed by atoms with Gasteiger partial charge in [-0.25, -0.2) is 4.68 Å². The van der Waals surface area contributed by atoms with E-state index >= 15 is 0 Å². The maximum atomic E-state index is 12.4. The van der Waals surface area contributed by atoms with E-state index in [0.29, 0.717) is 18.5 Å². The number of aromatic nitrogens is 2. The minimum atomic E-state index is 0.0211. The summed E-state index contributed by atoms with van der Waals surface area (Å²) in [5.74, 6) is 1.52. The number of nitrogens with one attached hydrogen (secondary N) is 1.